The van der Waals surface area contributed by atoms with Crippen LogP contribution in [0.2, 0.25) is 5.02 Å². The maximum atomic E-state index is 7.62. The Labute approximate surface area is 115 Å². The van der Waals surface area contributed by atoms with E-state index in [4.69, 9.17) is 21.5 Å². The molecule has 3 rings (SSSR count). The smallest absolute Gasteiger partial charge is 0.275 e. The molecule has 1 aliphatic rings. The van der Waals surface area contributed by atoms with E-state index in [1.165, 1.54) is 6.08 Å². The Morgan fingerprint density at radius 3 is 2.79 bits per heavy atom. The van der Waals surface area contributed by atoms with E-state index in [9.17, 15) is 0 Å². The third kappa shape index (κ3) is 1.88. The van der Waals surface area contributed by atoms with Crippen molar-refractivity contribution < 1.29 is 4.52 Å². The second kappa shape index (κ2) is 4.31. The van der Waals surface area contributed by atoms with Gasteiger partial charge in [0.1, 0.15) is 5.71 Å². The monoisotopic (exact) mass is 273 g/mol. The second-order valence-corrected chi connectivity index (χ2v) is 5.01. The standard InChI is InChI=1S/C14H12ClN3O/c1-2-11(16)12-17-13(18-19-12)14(7-8-14)9-5-3-4-6-10(9)15/h2-6,16H,1,7-8H2. The van der Waals surface area contributed by atoms with E-state index < -0.39 is 0 Å². The number of nitrogens with zero attached hydrogens (tertiary/aromatic N) is 2. The fraction of sp³-hybridized carbons (Fsp3) is 0.214. The molecule has 1 aromatic heterocycles. The van der Waals surface area contributed by atoms with Crippen LogP contribution in [0.5, 0.6) is 0 Å². The molecule has 5 heteroatoms. The summed E-state index contributed by atoms with van der Waals surface area (Å²) in [5, 5.41) is 12.3. The predicted molar refractivity (Wildman–Crippen MR) is 72.8 cm³/mol. The van der Waals surface area contributed by atoms with Gasteiger partial charge in [-0.1, -0.05) is 41.5 Å². The molecule has 1 aromatic carbocycles. The van der Waals surface area contributed by atoms with Gasteiger partial charge in [0.25, 0.3) is 5.89 Å². The molecular weight excluding hydrogens is 262 g/mol. The molecule has 19 heavy (non-hydrogen) atoms. The van der Waals surface area contributed by atoms with E-state index in [1.807, 2.05) is 24.3 Å². The van der Waals surface area contributed by atoms with E-state index in [-0.39, 0.29) is 17.0 Å². The molecule has 1 fully saturated rings. The molecule has 96 valence electrons. The summed E-state index contributed by atoms with van der Waals surface area (Å²) in [7, 11) is 0. The topological polar surface area (TPSA) is 62.8 Å². The van der Waals surface area contributed by atoms with Crippen molar-refractivity contribution in [2.24, 2.45) is 0 Å². The van der Waals surface area contributed by atoms with Crippen molar-refractivity contribution in [3.8, 4) is 0 Å². The first-order chi connectivity index (χ1) is 9.17. The maximum absolute atomic E-state index is 7.62. The lowest BCUT2D eigenvalue weighted by Crippen LogP contribution is -2.12. The van der Waals surface area contributed by atoms with Gasteiger partial charge in [-0.3, -0.25) is 5.41 Å². The number of benzene rings is 1. The molecule has 4 nitrogen and oxygen atoms in total. The SMILES string of the molecule is C=CC(=N)c1nc(C2(c3ccccc3Cl)CC2)no1. The molecule has 0 unspecified atom stereocenters. The molecule has 0 bridgehead atoms. The average molecular weight is 274 g/mol. The molecule has 1 heterocycles. The fourth-order valence-corrected chi connectivity index (χ4v) is 2.52. The van der Waals surface area contributed by atoms with Crippen LogP contribution in [0.15, 0.2) is 41.4 Å². The van der Waals surface area contributed by atoms with E-state index in [1.54, 1.807) is 0 Å². The number of hydrogen-bond acceptors (Lipinski definition) is 4. The number of rotatable bonds is 4. The van der Waals surface area contributed by atoms with Gasteiger partial charge < -0.3 is 4.52 Å². The molecular formula is C14H12ClN3O. The molecule has 1 aliphatic carbocycles. The summed E-state index contributed by atoms with van der Waals surface area (Å²) in [5.74, 6) is 0.797. The molecule has 0 atom stereocenters. The Morgan fingerprint density at radius 2 is 2.16 bits per heavy atom. The number of nitrogens with one attached hydrogen (secondary N) is 1. The molecule has 0 amide bonds. The van der Waals surface area contributed by atoms with Crippen LogP contribution < -0.4 is 0 Å². The molecule has 0 spiro atoms. The van der Waals surface area contributed by atoms with E-state index >= 15 is 0 Å². The van der Waals surface area contributed by atoms with E-state index in [0.717, 1.165) is 18.4 Å². The summed E-state index contributed by atoms with van der Waals surface area (Å²) in [5.41, 5.74) is 0.907. The zero-order valence-corrected chi connectivity index (χ0v) is 10.9. The van der Waals surface area contributed by atoms with Gasteiger partial charge in [-0.05, 0) is 30.5 Å². The summed E-state index contributed by atoms with van der Waals surface area (Å²) in [6.45, 7) is 3.52. The van der Waals surface area contributed by atoms with Crippen molar-refractivity contribution in [3.05, 3.63) is 59.2 Å². The van der Waals surface area contributed by atoms with Crippen LogP contribution in [0.1, 0.15) is 30.1 Å². The lowest BCUT2D eigenvalue weighted by molar-refractivity contribution is 0.400. The van der Waals surface area contributed by atoms with Crippen LogP contribution in [0.25, 0.3) is 0 Å². The van der Waals surface area contributed by atoms with Crippen molar-refractivity contribution in [2.75, 3.05) is 0 Å². The van der Waals surface area contributed by atoms with Crippen LogP contribution in [0.4, 0.5) is 0 Å². The van der Waals surface area contributed by atoms with E-state index in [2.05, 4.69) is 16.7 Å². The van der Waals surface area contributed by atoms with Gasteiger partial charge in [0, 0.05) is 5.02 Å². The predicted octanol–water partition coefficient (Wildman–Crippen LogP) is 3.36. The highest BCUT2D eigenvalue weighted by Crippen LogP contribution is 2.54. The molecule has 0 radical (unpaired) electrons. The zero-order valence-electron chi connectivity index (χ0n) is 10.2. The maximum Gasteiger partial charge on any atom is 0.275 e. The first kappa shape index (κ1) is 12.1. The van der Waals surface area contributed by atoms with Gasteiger partial charge in [-0.25, -0.2) is 0 Å². The highest BCUT2D eigenvalue weighted by Gasteiger charge is 2.51. The van der Waals surface area contributed by atoms with E-state index in [0.29, 0.717) is 10.8 Å². The zero-order chi connectivity index (χ0) is 13.5. The van der Waals surface area contributed by atoms with Gasteiger partial charge in [-0.15, -0.1) is 0 Å². The third-order valence-corrected chi connectivity index (χ3v) is 3.76. The van der Waals surface area contributed by atoms with Gasteiger partial charge in [0.15, 0.2) is 5.82 Å². The van der Waals surface area contributed by atoms with Crippen LogP contribution in [0, 0.1) is 5.41 Å². The summed E-state index contributed by atoms with van der Waals surface area (Å²) < 4.78 is 5.11. The molecule has 1 saturated carbocycles. The fourth-order valence-electron chi connectivity index (χ4n) is 2.20. The highest BCUT2D eigenvalue weighted by atomic mass is 35.5. The Morgan fingerprint density at radius 1 is 1.42 bits per heavy atom. The van der Waals surface area contributed by atoms with Crippen LogP contribution in [-0.2, 0) is 5.41 Å². The van der Waals surface area contributed by atoms with Crippen molar-refractivity contribution >= 4 is 17.3 Å². The Bertz CT molecular complexity index is 658. The Kier molecular flexibility index (Phi) is 2.75. The number of hydrogen-bond donors (Lipinski definition) is 1. The van der Waals surface area contributed by atoms with Crippen molar-refractivity contribution in [1.82, 2.24) is 10.1 Å². The van der Waals surface area contributed by atoms with Crippen LogP contribution in [-0.4, -0.2) is 15.9 Å². The highest BCUT2D eigenvalue weighted by molar-refractivity contribution is 6.31. The second-order valence-electron chi connectivity index (χ2n) is 4.60. The minimum atomic E-state index is -0.248. The third-order valence-electron chi connectivity index (χ3n) is 3.43. The van der Waals surface area contributed by atoms with Gasteiger partial charge in [0.05, 0.1) is 5.41 Å². The number of halogens is 1. The Hall–Kier alpha value is -1.94. The van der Waals surface area contributed by atoms with Crippen molar-refractivity contribution in [2.45, 2.75) is 18.3 Å². The first-order valence-electron chi connectivity index (χ1n) is 5.98. The quantitative estimate of drug-likeness (QED) is 0.869. The van der Waals surface area contributed by atoms with Crippen molar-refractivity contribution in [1.29, 1.82) is 5.41 Å². The molecule has 0 aliphatic heterocycles. The van der Waals surface area contributed by atoms with Crippen LogP contribution >= 0.6 is 11.6 Å². The average Bonchev–Trinajstić information content (AvgIpc) is 3.08. The summed E-state index contributed by atoms with van der Waals surface area (Å²) in [6.07, 6.45) is 3.26. The number of aromatic nitrogens is 2. The van der Waals surface area contributed by atoms with Gasteiger partial charge >= 0.3 is 0 Å². The van der Waals surface area contributed by atoms with Crippen LogP contribution in [0.3, 0.4) is 0 Å². The number of allylic oxidation sites excluding steroid dienone is 1. The lowest BCUT2D eigenvalue weighted by atomic mass is 9.95. The van der Waals surface area contributed by atoms with Crippen molar-refractivity contribution in [3.63, 3.8) is 0 Å². The minimum Gasteiger partial charge on any atom is -0.332 e. The lowest BCUT2D eigenvalue weighted by Gasteiger charge is -2.12. The van der Waals surface area contributed by atoms with Gasteiger partial charge in [0.2, 0.25) is 0 Å². The normalized spacial score (nSPS) is 16.1. The summed E-state index contributed by atoms with van der Waals surface area (Å²) in [6, 6.07) is 7.71. The molecule has 0 saturated heterocycles. The summed E-state index contributed by atoms with van der Waals surface area (Å²) in [4.78, 5) is 4.30. The minimum absolute atomic E-state index is 0.133. The Balaban J connectivity index is 2.02. The summed E-state index contributed by atoms with van der Waals surface area (Å²) >= 11 is 6.25. The largest absolute Gasteiger partial charge is 0.332 e. The molecule has 1 N–H and O–H groups in total. The first-order valence-corrected chi connectivity index (χ1v) is 6.36. The molecule has 2 aromatic rings. The van der Waals surface area contributed by atoms with Gasteiger partial charge in [-0.2, -0.15) is 4.98 Å².